The lowest BCUT2D eigenvalue weighted by atomic mass is 10.3. The molecule has 0 aliphatic heterocycles. The molecular weight excluding hydrogens is 307 g/mol. The van der Waals surface area contributed by atoms with Crippen molar-refractivity contribution in [2.24, 2.45) is 0 Å². The molecule has 1 N–H and O–H groups in total. The van der Waals surface area contributed by atoms with Crippen LogP contribution in [0.2, 0.25) is 0 Å². The predicted molar refractivity (Wildman–Crippen MR) is 63.2 cm³/mol. The van der Waals surface area contributed by atoms with Crippen molar-refractivity contribution in [1.29, 1.82) is 0 Å². The van der Waals surface area contributed by atoms with Crippen LogP contribution in [0.25, 0.3) is 0 Å². The highest BCUT2D eigenvalue weighted by Crippen LogP contribution is 2.24. The van der Waals surface area contributed by atoms with E-state index in [-0.39, 0.29) is 17.5 Å². The number of aromatic nitrogens is 2. The minimum absolute atomic E-state index is 0.0826. The Balaban J connectivity index is 2.28. The van der Waals surface area contributed by atoms with Gasteiger partial charge in [-0.25, -0.2) is 14.2 Å². The first-order valence-corrected chi connectivity index (χ1v) is 5.55. The van der Waals surface area contributed by atoms with E-state index < -0.39 is 11.8 Å². The summed E-state index contributed by atoms with van der Waals surface area (Å²) in [6.45, 7) is 0. The molecule has 5 nitrogen and oxygen atoms in total. The molecule has 0 radical (unpaired) electrons. The van der Waals surface area contributed by atoms with Crippen molar-refractivity contribution in [3.8, 4) is 11.8 Å². The van der Waals surface area contributed by atoms with Crippen molar-refractivity contribution < 1.29 is 19.0 Å². The van der Waals surface area contributed by atoms with Crippen LogP contribution in [-0.4, -0.2) is 21.0 Å². The van der Waals surface area contributed by atoms with Crippen molar-refractivity contribution in [2.75, 3.05) is 0 Å². The molecule has 0 saturated carbocycles. The number of ether oxygens (including phenoxy) is 1. The number of nitrogens with zero attached hydrogens (tertiary/aromatic N) is 2. The van der Waals surface area contributed by atoms with Crippen molar-refractivity contribution >= 4 is 21.9 Å². The predicted octanol–water partition coefficient (Wildman–Crippen LogP) is 2.87. The second-order valence-corrected chi connectivity index (χ2v) is 4.12. The van der Waals surface area contributed by atoms with Crippen molar-refractivity contribution in [3.63, 3.8) is 0 Å². The van der Waals surface area contributed by atoms with E-state index in [1.165, 1.54) is 24.4 Å². The molecule has 0 unspecified atom stereocenters. The highest BCUT2D eigenvalue weighted by molar-refractivity contribution is 9.10. The Labute approximate surface area is 109 Å². The molecule has 0 saturated heterocycles. The summed E-state index contributed by atoms with van der Waals surface area (Å²) >= 11 is 3.11. The summed E-state index contributed by atoms with van der Waals surface area (Å²) in [6, 6.07) is 5.18. The molecule has 7 heteroatoms. The summed E-state index contributed by atoms with van der Waals surface area (Å²) < 4.78 is 19.1. The number of carboxylic acids is 1. The summed E-state index contributed by atoms with van der Waals surface area (Å²) in [7, 11) is 0. The lowest BCUT2D eigenvalue weighted by Crippen LogP contribution is -2.02. The third-order valence-corrected chi connectivity index (χ3v) is 2.44. The fourth-order valence-corrected chi connectivity index (χ4v) is 1.50. The smallest absolute Gasteiger partial charge is 0.354 e. The van der Waals surface area contributed by atoms with E-state index in [0.717, 1.165) is 0 Å². The van der Waals surface area contributed by atoms with Crippen LogP contribution < -0.4 is 4.74 Å². The van der Waals surface area contributed by atoms with Gasteiger partial charge in [0.1, 0.15) is 0 Å². The SMILES string of the molecule is O=C(O)c1ccnc(Oc2ccc(Br)cc2F)n1. The summed E-state index contributed by atoms with van der Waals surface area (Å²) in [5.74, 6) is -1.90. The van der Waals surface area contributed by atoms with Gasteiger partial charge in [0.15, 0.2) is 17.3 Å². The van der Waals surface area contributed by atoms with Crippen molar-refractivity contribution in [2.45, 2.75) is 0 Å². The zero-order chi connectivity index (χ0) is 13.1. The van der Waals surface area contributed by atoms with Gasteiger partial charge >= 0.3 is 12.0 Å². The zero-order valence-electron chi connectivity index (χ0n) is 8.80. The molecule has 0 fully saturated rings. The average molecular weight is 313 g/mol. The molecule has 0 atom stereocenters. The number of hydrogen-bond acceptors (Lipinski definition) is 4. The van der Waals surface area contributed by atoms with Gasteiger partial charge in [0.05, 0.1) is 0 Å². The van der Waals surface area contributed by atoms with Gasteiger partial charge in [0, 0.05) is 10.7 Å². The minimum Gasteiger partial charge on any atom is -0.477 e. The Morgan fingerprint density at radius 3 is 2.83 bits per heavy atom. The summed E-state index contributed by atoms with van der Waals surface area (Å²) in [5.41, 5.74) is -0.225. The second-order valence-electron chi connectivity index (χ2n) is 3.21. The lowest BCUT2D eigenvalue weighted by Gasteiger charge is -2.05. The van der Waals surface area contributed by atoms with Crippen LogP contribution in [0.1, 0.15) is 10.5 Å². The molecule has 0 amide bonds. The number of rotatable bonds is 3. The highest BCUT2D eigenvalue weighted by Gasteiger charge is 2.10. The largest absolute Gasteiger partial charge is 0.477 e. The standard InChI is InChI=1S/C11H6BrFN2O3/c12-6-1-2-9(7(13)5-6)18-11-14-4-3-8(15-11)10(16)17/h1-5H,(H,16,17). The van der Waals surface area contributed by atoms with E-state index in [0.29, 0.717) is 4.47 Å². The maximum absolute atomic E-state index is 13.5. The van der Waals surface area contributed by atoms with E-state index in [1.807, 2.05) is 0 Å². The first-order chi connectivity index (χ1) is 8.56. The fraction of sp³-hybridized carbons (Fsp3) is 0. The highest BCUT2D eigenvalue weighted by atomic mass is 79.9. The van der Waals surface area contributed by atoms with E-state index in [1.54, 1.807) is 6.07 Å². The Hall–Kier alpha value is -2.02. The normalized spacial score (nSPS) is 10.1. The van der Waals surface area contributed by atoms with E-state index in [9.17, 15) is 9.18 Å². The molecule has 92 valence electrons. The molecule has 0 spiro atoms. The van der Waals surface area contributed by atoms with Crippen LogP contribution in [0, 0.1) is 5.82 Å². The maximum Gasteiger partial charge on any atom is 0.354 e. The first kappa shape index (κ1) is 12.4. The zero-order valence-corrected chi connectivity index (χ0v) is 10.4. The molecule has 1 aromatic heterocycles. The van der Waals surface area contributed by atoms with Gasteiger partial charge in [-0.05, 0) is 24.3 Å². The first-order valence-electron chi connectivity index (χ1n) is 4.75. The third kappa shape index (κ3) is 2.80. The molecule has 0 aliphatic carbocycles. The Morgan fingerprint density at radius 1 is 1.39 bits per heavy atom. The second kappa shape index (κ2) is 5.09. The van der Waals surface area contributed by atoms with Gasteiger partial charge in [-0.3, -0.25) is 0 Å². The van der Waals surface area contributed by atoms with Gasteiger partial charge in [0.2, 0.25) is 0 Å². The Kier molecular flexibility index (Phi) is 3.52. The topological polar surface area (TPSA) is 72.3 Å². The van der Waals surface area contributed by atoms with Gasteiger partial charge in [-0.2, -0.15) is 4.98 Å². The number of aromatic carboxylic acids is 1. The van der Waals surface area contributed by atoms with Crippen molar-refractivity contribution in [1.82, 2.24) is 9.97 Å². The number of halogens is 2. The maximum atomic E-state index is 13.5. The molecule has 18 heavy (non-hydrogen) atoms. The Morgan fingerprint density at radius 2 is 2.17 bits per heavy atom. The number of hydrogen-bond donors (Lipinski definition) is 1. The Bertz CT molecular complexity index is 607. The van der Waals surface area contributed by atoms with Crippen LogP contribution in [0.3, 0.4) is 0 Å². The molecule has 1 aromatic carbocycles. The number of carboxylic acid groups (broad SMARTS) is 1. The average Bonchev–Trinajstić information content (AvgIpc) is 2.33. The molecule has 2 aromatic rings. The van der Waals surface area contributed by atoms with Crippen molar-refractivity contribution in [3.05, 3.63) is 46.4 Å². The monoisotopic (exact) mass is 312 g/mol. The fourth-order valence-electron chi connectivity index (χ4n) is 1.17. The van der Waals surface area contributed by atoms with Gasteiger partial charge < -0.3 is 9.84 Å². The van der Waals surface area contributed by atoms with Crippen LogP contribution in [-0.2, 0) is 0 Å². The molecule has 1 heterocycles. The third-order valence-electron chi connectivity index (χ3n) is 1.95. The van der Waals surface area contributed by atoms with E-state index >= 15 is 0 Å². The van der Waals surface area contributed by atoms with E-state index in [2.05, 4.69) is 25.9 Å². The molecule has 0 bridgehead atoms. The van der Waals surface area contributed by atoms with Gasteiger partial charge in [-0.1, -0.05) is 15.9 Å². The number of benzene rings is 1. The molecular formula is C11H6BrFN2O3. The van der Waals surface area contributed by atoms with Crippen LogP contribution in [0.4, 0.5) is 4.39 Å². The lowest BCUT2D eigenvalue weighted by molar-refractivity contribution is 0.0689. The van der Waals surface area contributed by atoms with Gasteiger partial charge in [-0.15, -0.1) is 0 Å². The van der Waals surface area contributed by atoms with Crippen LogP contribution >= 0.6 is 15.9 Å². The quantitative estimate of drug-likeness (QED) is 0.943. The number of carbonyl (C=O) groups is 1. The summed E-state index contributed by atoms with van der Waals surface area (Å²) in [4.78, 5) is 18.0. The van der Waals surface area contributed by atoms with Crippen LogP contribution in [0.5, 0.6) is 11.8 Å². The summed E-state index contributed by atoms with van der Waals surface area (Å²) in [5, 5.41) is 8.74. The molecule has 2 rings (SSSR count). The minimum atomic E-state index is -1.21. The molecule has 0 aliphatic rings. The van der Waals surface area contributed by atoms with E-state index in [4.69, 9.17) is 9.84 Å². The summed E-state index contributed by atoms with van der Waals surface area (Å²) in [6.07, 6.45) is 1.22. The van der Waals surface area contributed by atoms with Gasteiger partial charge in [0.25, 0.3) is 0 Å². The van der Waals surface area contributed by atoms with Crippen LogP contribution in [0.15, 0.2) is 34.9 Å².